The van der Waals surface area contributed by atoms with Gasteiger partial charge >= 0.3 is 0 Å². The largest absolute Gasteiger partial charge is 0.493 e. The maximum Gasteiger partial charge on any atom is 0.262 e. The van der Waals surface area contributed by atoms with Crippen LogP contribution in [0.4, 0.5) is 0 Å². The maximum atomic E-state index is 12.3. The van der Waals surface area contributed by atoms with E-state index in [1.807, 2.05) is 12.1 Å². The number of hydrogen-bond acceptors (Lipinski definition) is 4. The van der Waals surface area contributed by atoms with Gasteiger partial charge in [-0.25, -0.2) is 0 Å². The molecule has 110 valence electrons. The summed E-state index contributed by atoms with van der Waals surface area (Å²) < 4.78 is 0.847. The second kappa shape index (κ2) is 5.99. The van der Waals surface area contributed by atoms with Crippen LogP contribution >= 0.6 is 15.9 Å². The van der Waals surface area contributed by atoms with Crippen molar-refractivity contribution in [1.82, 2.24) is 15.3 Å². The number of nitrogens with one attached hydrogen (secondary N) is 2. The molecular weight excluding hydrogens is 334 g/mol. The molecule has 1 aromatic carbocycles. The molecule has 3 rings (SSSR count). The molecule has 1 fully saturated rings. The minimum absolute atomic E-state index is 0.147. The van der Waals surface area contributed by atoms with Gasteiger partial charge in [-0.15, -0.1) is 0 Å². The van der Waals surface area contributed by atoms with Gasteiger partial charge in [-0.3, -0.25) is 4.79 Å². The number of aromatic amines is 1. The fourth-order valence-corrected chi connectivity index (χ4v) is 3.06. The molecule has 1 saturated heterocycles. The highest BCUT2D eigenvalue weighted by Crippen LogP contribution is 2.28. The van der Waals surface area contributed by atoms with E-state index in [-0.39, 0.29) is 22.9 Å². The van der Waals surface area contributed by atoms with E-state index in [2.05, 4.69) is 31.2 Å². The predicted molar refractivity (Wildman–Crippen MR) is 84.5 cm³/mol. The first-order valence-electron chi connectivity index (χ1n) is 6.95. The topological polar surface area (TPSA) is 78.0 Å². The minimum atomic E-state index is -0.304. The first-order chi connectivity index (χ1) is 10.1. The van der Waals surface area contributed by atoms with Crippen molar-refractivity contribution in [3.8, 4) is 17.0 Å². The van der Waals surface area contributed by atoms with Crippen LogP contribution in [0.1, 0.15) is 24.6 Å². The summed E-state index contributed by atoms with van der Waals surface area (Å²) in [5.74, 6) is 0.495. The Balaban J connectivity index is 2.02. The molecule has 0 amide bonds. The van der Waals surface area contributed by atoms with Crippen molar-refractivity contribution in [2.75, 3.05) is 13.1 Å². The van der Waals surface area contributed by atoms with Crippen molar-refractivity contribution in [3.63, 3.8) is 0 Å². The molecule has 3 N–H and O–H groups in total. The molecular formula is C15H16BrN3O2. The Kier molecular flexibility index (Phi) is 4.07. The highest BCUT2D eigenvalue weighted by Gasteiger charge is 2.20. The van der Waals surface area contributed by atoms with E-state index in [9.17, 15) is 9.90 Å². The second-order valence-corrected chi connectivity index (χ2v) is 6.12. The van der Waals surface area contributed by atoms with Gasteiger partial charge in [0.15, 0.2) is 0 Å². The van der Waals surface area contributed by atoms with Crippen molar-refractivity contribution >= 4 is 15.9 Å². The second-order valence-electron chi connectivity index (χ2n) is 5.20. The third-order valence-corrected chi connectivity index (χ3v) is 4.21. The molecule has 1 aliphatic rings. The van der Waals surface area contributed by atoms with Crippen LogP contribution in [0.15, 0.2) is 33.5 Å². The lowest BCUT2D eigenvalue weighted by atomic mass is 9.98. The fourth-order valence-electron chi connectivity index (χ4n) is 2.66. The molecule has 0 spiro atoms. The molecule has 1 aliphatic heterocycles. The van der Waals surface area contributed by atoms with E-state index in [1.54, 1.807) is 12.1 Å². The quantitative estimate of drug-likeness (QED) is 0.777. The van der Waals surface area contributed by atoms with Crippen LogP contribution in [-0.4, -0.2) is 28.2 Å². The number of benzene rings is 1. The number of nitrogens with zero attached hydrogens (tertiary/aromatic N) is 1. The van der Waals surface area contributed by atoms with Crippen LogP contribution in [0.2, 0.25) is 0 Å². The van der Waals surface area contributed by atoms with E-state index >= 15 is 0 Å². The molecule has 0 saturated carbocycles. The van der Waals surface area contributed by atoms with E-state index in [1.165, 1.54) is 0 Å². The Morgan fingerprint density at radius 3 is 2.90 bits per heavy atom. The van der Waals surface area contributed by atoms with Crippen molar-refractivity contribution < 1.29 is 5.11 Å². The zero-order valence-corrected chi connectivity index (χ0v) is 13.0. The summed E-state index contributed by atoms with van der Waals surface area (Å²) in [6, 6.07) is 7.24. The maximum absolute atomic E-state index is 12.3. The lowest BCUT2D eigenvalue weighted by molar-refractivity contribution is 0.421. The standard InChI is InChI=1S/C15H16BrN3O2/c16-11-5-1-3-9(7-11)12-14(20)18-13(19-15(12)21)10-4-2-6-17-8-10/h1,3,5,7,10,17H,2,4,6,8H2,(H2,18,19,20,21). The number of halogens is 1. The van der Waals surface area contributed by atoms with E-state index < -0.39 is 0 Å². The summed E-state index contributed by atoms with van der Waals surface area (Å²) in [6.45, 7) is 1.77. The normalized spacial score (nSPS) is 18.6. The van der Waals surface area contributed by atoms with Gasteiger partial charge in [0.05, 0.1) is 0 Å². The molecule has 0 radical (unpaired) electrons. The predicted octanol–water partition coefficient (Wildman–Crippen LogP) is 2.37. The third kappa shape index (κ3) is 3.01. The summed E-state index contributed by atoms with van der Waals surface area (Å²) in [5.41, 5.74) is 0.550. The Morgan fingerprint density at radius 2 is 2.24 bits per heavy atom. The fraction of sp³-hybridized carbons (Fsp3) is 0.333. The van der Waals surface area contributed by atoms with Gasteiger partial charge in [0.25, 0.3) is 5.56 Å². The first-order valence-corrected chi connectivity index (χ1v) is 7.74. The molecule has 1 aromatic heterocycles. The number of H-pyrrole nitrogens is 1. The highest BCUT2D eigenvalue weighted by molar-refractivity contribution is 9.10. The molecule has 1 atom stereocenters. The van der Waals surface area contributed by atoms with Gasteiger partial charge in [-0.1, -0.05) is 28.1 Å². The number of aromatic hydroxyl groups is 1. The molecule has 2 heterocycles. The first kappa shape index (κ1) is 14.3. The Labute approximate surface area is 130 Å². The van der Waals surface area contributed by atoms with Crippen molar-refractivity contribution in [2.45, 2.75) is 18.8 Å². The van der Waals surface area contributed by atoms with Crippen molar-refractivity contribution in [2.24, 2.45) is 0 Å². The molecule has 5 nitrogen and oxygen atoms in total. The molecule has 2 aromatic rings. The molecule has 1 unspecified atom stereocenters. The number of hydrogen-bond donors (Lipinski definition) is 3. The summed E-state index contributed by atoms with van der Waals surface area (Å²) in [4.78, 5) is 19.4. The third-order valence-electron chi connectivity index (χ3n) is 3.72. The molecule has 0 bridgehead atoms. The van der Waals surface area contributed by atoms with Gasteiger partial charge in [-0.05, 0) is 37.1 Å². The lowest BCUT2D eigenvalue weighted by Gasteiger charge is -2.22. The number of rotatable bonds is 2. The Bertz CT molecular complexity index is 708. The van der Waals surface area contributed by atoms with Crippen LogP contribution in [0, 0.1) is 0 Å². The van der Waals surface area contributed by atoms with E-state index in [4.69, 9.17) is 0 Å². The minimum Gasteiger partial charge on any atom is -0.493 e. The van der Waals surface area contributed by atoms with Gasteiger partial charge in [-0.2, -0.15) is 4.98 Å². The van der Waals surface area contributed by atoms with Crippen LogP contribution in [0.25, 0.3) is 11.1 Å². The summed E-state index contributed by atoms with van der Waals surface area (Å²) in [6.07, 6.45) is 2.01. The Hall–Kier alpha value is -1.66. The summed E-state index contributed by atoms with van der Waals surface area (Å²) in [7, 11) is 0. The monoisotopic (exact) mass is 349 g/mol. The van der Waals surface area contributed by atoms with E-state index in [0.717, 1.165) is 30.4 Å². The molecule has 0 aliphatic carbocycles. The van der Waals surface area contributed by atoms with Gasteiger partial charge in [0.1, 0.15) is 11.4 Å². The van der Waals surface area contributed by atoms with Crippen LogP contribution in [0.5, 0.6) is 5.88 Å². The lowest BCUT2D eigenvalue weighted by Crippen LogP contribution is -2.30. The van der Waals surface area contributed by atoms with Crippen LogP contribution in [0.3, 0.4) is 0 Å². The zero-order valence-electron chi connectivity index (χ0n) is 11.4. The van der Waals surface area contributed by atoms with Crippen LogP contribution < -0.4 is 10.9 Å². The van der Waals surface area contributed by atoms with Gasteiger partial charge in [0.2, 0.25) is 5.88 Å². The average molecular weight is 350 g/mol. The molecule has 6 heteroatoms. The number of aromatic nitrogens is 2. The SMILES string of the molecule is O=c1[nH]c(C2CCCNC2)nc(O)c1-c1cccc(Br)c1. The smallest absolute Gasteiger partial charge is 0.262 e. The average Bonchev–Trinajstić information content (AvgIpc) is 2.47. The number of piperidine rings is 1. The van der Waals surface area contributed by atoms with Crippen LogP contribution in [-0.2, 0) is 0 Å². The highest BCUT2D eigenvalue weighted by atomic mass is 79.9. The van der Waals surface area contributed by atoms with Gasteiger partial charge < -0.3 is 15.4 Å². The van der Waals surface area contributed by atoms with Crippen molar-refractivity contribution in [3.05, 3.63) is 44.9 Å². The zero-order chi connectivity index (χ0) is 14.8. The Morgan fingerprint density at radius 1 is 1.38 bits per heavy atom. The summed E-state index contributed by atoms with van der Waals surface area (Å²) in [5, 5.41) is 13.5. The van der Waals surface area contributed by atoms with E-state index in [0.29, 0.717) is 11.4 Å². The summed E-state index contributed by atoms with van der Waals surface area (Å²) >= 11 is 3.36. The molecule has 21 heavy (non-hydrogen) atoms. The van der Waals surface area contributed by atoms with Gasteiger partial charge in [0, 0.05) is 16.9 Å². The van der Waals surface area contributed by atoms with Crippen molar-refractivity contribution in [1.29, 1.82) is 0 Å².